The Balaban J connectivity index is 2.15. The third-order valence-corrected chi connectivity index (χ3v) is 3.21. The van der Waals surface area contributed by atoms with Crippen LogP contribution in [0.5, 0.6) is 0 Å². The summed E-state index contributed by atoms with van der Waals surface area (Å²) in [7, 11) is 0. The number of aromatic nitrogens is 2. The maximum absolute atomic E-state index is 13.2. The molecule has 2 aromatic carbocycles. The molecule has 3 rings (SSSR count). The summed E-state index contributed by atoms with van der Waals surface area (Å²) in [4.78, 5) is 7.34. The lowest BCUT2D eigenvalue weighted by Crippen LogP contribution is -2.04. The Hall–Kier alpha value is -2.27. The molecule has 3 aromatic rings. The summed E-state index contributed by atoms with van der Waals surface area (Å²) in [5.74, 6) is -1.19. The van der Waals surface area contributed by atoms with E-state index in [2.05, 4.69) is 9.97 Å². The molecule has 0 saturated heterocycles. The molecule has 0 spiro atoms. The molecule has 0 amide bonds. The van der Waals surface area contributed by atoms with Gasteiger partial charge in [-0.05, 0) is 18.5 Å². The highest BCUT2D eigenvalue weighted by Gasteiger charge is 2.12. The van der Waals surface area contributed by atoms with Crippen LogP contribution < -0.4 is 5.73 Å². The van der Waals surface area contributed by atoms with E-state index < -0.39 is 11.6 Å². The van der Waals surface area contributed by atoms with Crippen molar-refractivity contribution in [3.63, 3.8) is 0 Å². The summed E-state index contributed by atoms with van der Waals surface area (Å²) < 4.78 is 26.4. The topological polar surface area (TPSA) is 54.7 Å². The molecule has 0 aliphatic carbocycles. The summed E-state index contributed by atoms with van der Waals surface area (Å²) in [6.07, 6.45) is 0.718. The van der Waals surface area contributed by atoms with Crippen LogP contribution in [0.2, 0.25) is 0 Å². The molecule has 0 radical (unpaired) electrons. The van der Waals surface area contributed by atoms with Gasteiger partial charge >= 0.3 is 0 Å². The fraction of sp³-hybridized carbons (Fsp3) is 0.133. The second-order valence-electron chi connectivity index (χ2n) is 4.56. The molecule has 0 bridgehead atoms. The van der Waals surface area contributed by atoms with Crippen LogP contribution >= 0.6 is 0 Å². The molecule has 102 valence electrons. The standard InChI is InChI=1S/C15H13F2N3/c16-11-7-13-14(8-12(11)17)20-15(19-13)10-4-2-1-3-9(10)5-6-18/h1-4,7-8H,5-6,18H2,(H,19,20). The first-order chi connectivity index (χ1) is 9.69. The van der Waals surface area contributed by atoms with Crippen molar-refractivity contribution in [1.82, 2.24) is 9.97 Å². The molecule has 0 aliphatic heterocycles. The number of fused-ring (bicyclic) bond motifs is 1. The molecule has 3 N–H and O–H groups in total. The maximum atomic E-state index is 13.2. The van der Waals surface area contributed by atoms with E-state index in [9.17, 15) is 8.78 Å². The summed E-state index contributed by atoms with van der Waals surface area (Å²) >= 11 is 0. The number of imidazole rings is 1. The number of nitrogens with one attached hydrogen (secondary N) is 1. The lowest BCUT2D eigenvalue weighted by molar-refractivity contribution is 0.510. The monoisotopic (exact) mass is 273 g/mol. The highest BCUT2D eigenvalue weighted by molar-refractivity contribution is 5.80. The fourth-order valence-electron chi connectivity index (χ4n) is 2.26. The lowest BCUT2D eigenvalue weighted by Gasteiger charge is -2.05. The van der Waals surface area contributed by atoms with Gasteiger partial charge in [0.15, 0.2) is 11.6 Å². The van der Waals surface area contributed by atoms with E-state index >= 15 is 0 Å². The van der Waals surface area contributed by atoms with Crippen molar-refractivity contribution in [3.8, 4) is 11.4 Å². The minimum absolute atomic E-state index is 0.404. The second-order valence-corrected chi connectivity index (χ2v) is 4.56. The Morgan fingerprint density at radius 2 is 1.85 bits per heavy atom. The van der Waals surface area contributed by atoms with Gasteiger partial charge in [-0.15, -0.1) is 0 Å². The molecule has 0 saturated carbocycles. The normalized spacial score (nSPS) is 11.2. The summed E-state index contributed by atoms with van der Waals surface area (Å²) in [6.45, 7) is 0.528. The molecule has 1 heterocycles. The Bertz CT molecular complexity index is 726. The van der Waals surface area contributed by atoms with Gasteiger partial charge in [0.2, 0.25) is 0 Å². The minimum Gasteiger partial charge on any atom is -0.338 e. The van der Waals surface area contributed by atoms with Crippen molar-refractivity contribution in [2.24, 2.45) is 5.73 Å². The van der Waals surface area contributed by atoms with Crippen LogP contribution in [0.1, 0.15) is 5.56 Å². The van der Waals surface area contributed by atoms with E-state index in [1.807, 2.05) is 24.3 Å². The molecule has 1 aromatic heterocycles. The van der Waals surface area contributed by atoms with Crippen molar-refractivity contribution < 1.29 is 8.78 Å². The maximum Gasteiger partial charge on any atom is 0.161 e. The number of hydrogen-bond acceptors (Lipinski definition) is 2. The molecule has 0 atom stereocenters. The van der Waals surface area contributed by atoms with Crippen molar-refractivity contribution in [2.75, 3.05) is 6.54 Å². The number of benzene rings is 2. The average molecular weight is 273 g/mol. The number of aromatic amines is 1. The van der Waals surface area contributed by atoms with Gasteiger partial charge in [-0.25, -0.2) is 13.8 Å². The molecule has 0 aliphatic rings. The summed E-state index contributed by atoms with van der Waals surface area (Å²) in [5.41, 5.74) is 8.42. The van der Waals surface area contributed by atoms with Crippen LogP contribution in [0.3, 0.4) is 0 Å². The minimum atomic E-state index is -0.897. The summed E-state index contributed by atoms with van der Waals surface area (Å²) in [6, 6.07) is 9.91. The number of nitrogens with two attached hydrogens (primary N) is 1. The highest BCUT2D eigenvalue weighted by atomic mass is 19.2. The zero-order valence-corrected chi connectivity index (χ0v) is 10.7. The smallest absolute Gasteiger partial charge is 0.161 e. The van der Waals surface area contributed by atoms with Gasteiger partial charge in [-0.2, -0.15) is 0 Å². The van der Waals surface area contributed by atoms with E-state index in [4.69, 9.17) is 5.73 Å². The van der Waals surface area contributed by atoms with Crippen LogP contribution in [0, 0.1) is 11.6 Å². The van der Waals surface area contributed by atoms with E-state index in [-0.39, 0.29) is 0 Å². The number of hydrogen-bond donors (Lipinski definition) is 2. The van der Waals surface area contributed by atoms with Crippen molar-refractivity contribution in [3.05, 3.63) is 53.6 Å². The predicted octanol–water partition coefficient (Wildman–Crippen LogP) is 3.01. The van der Waals surface area contributed by atoms with Crippen LogP contribution in [-0.2, 0) is 6.42 Å². The van der Waals surface area contributed by atoms with Gasteiger partial charge in [0, 0.05) is 17.7 Å². The molecular formula is C15H13F2N3. The van der Waals surface area contributed by atoms with E-state index in [1.165, 1.54) is 0 Å². The van der Waals surface area contributed by atoms with Crippen LogP contribution in [0.15, 0.2) is 36.4 Å². The zero-order valence-electron chi connectivity index (χ0n) is 10.7. The highest BCUT2D eigenvalue weighted by Crippen LogP contribution is 2.25. The zero-order chi connectivity index (χ0) is 14.1. The third kappa shape index (κ3) is 2.16. The molecule has 0 fully saturated rings. The van der Waals surface area contributed by atoms with Gasteiger partial charge in [0.25, 0.3) is 0 Å². The first-order valence-electron chi connectivity index (χ1n) is 6.32. The Morgan fingerprint density at radius 3 is 2.65 bits per heavy atom. The Labute approximate surface area is 114 Å². The second kappa shape index (κ2) is 5.02. The SMILES string of the molecule is NCCc1ccccc1-c1nc2cc(F)c(F)cc2[nH]1. The predicted molar refractivity (Wildman–Crippen MR) is 74.2 cm³/mol. The van der Waals surface area contributed by atoms with E-state index in [0.29, 0.717) is 23.4 Å². The Morgan fingerprint density at radius 1 is 1.10 bits per heavy atom. The quantitative estimate of drug-likeness (QED) is 0.770. The van der Waals surface area contributed by atoms with Crippen LogP contribution in [0.25, 0.3) is 22.4 Å². The molecule has 3 nitrogen and oxygen atoms in total. The first-order valence-corrected chi connectivity index (χ1v) is 6.32. The fourth-order valence-corrected chi connectivity index (χ4v) is 2.26. The molecule has 5 heteroatoms. The van der Waals surface area contributed by atoms with E-state index in [1.54, 1.807) is 0 Å². The van der Waals surface area contributed by atoms with Crippen LogP contribution in [0.4, 0.5) is 8.78 Å². The first kappa shape index (κ1) is 12.7. The number of H-pyrrole nitrogens is 1. The van der Waals surface area contributed by atoms with Gasteiger partial charge in [-0.1, -0.05) is 24.3 Å². The number of nitrogens with zero attached hydrogens (tertiary/aromatic N) is 1. The van der Waals surface area contributed by atoms with Crippen molar-refractivity contribution in [1.29, 1.82) is 0 Å². The van der Waals surface area contributed by atoms with Crippen LogP contribution in [-0.4, -0.2) is 16.5 Å². The number of rotatable bonds is 3. The van der Waals surface area contributed by atoms with Gasteiger partial charge < -0.3 is 10.7 Å². The van der Waals surface area contributed by atoms with Gasteiger partial charge in [0.05, 0.1) is 11.0 Å². The lowest BCUT2D eigenvalue weighted by atomic mass is 10.0. The van der Waals surface area contributed by atoms with E-state index in [0.717, 1.165) is 29.7 Å². The van der Waals surface area contributed by atoms with Gasteiger partial charge in [0.1, 0.15) is 5.82 Å². The van der Waals surface area contributed by atoms with Gasteiger partial charge in [-0.3, -0.25) is 0 Å². The Kier molecular flexibility index (Phi) is 3.20. The third-order valence-electron chi connectivity index (χ3n) is 3.21. The molecular weight excluding hydrogens is 260 g/mol. The van der Waals surface area contributed by atoms with Crippen molar-refractivity contribution in [2.45, 2.75) is 6.42 Å². The molecule has 0 unspecified atom stereocenters. The molecule has 20 heavy (non-hydrogen) atoms. The number of halogens is 2. The van der Waals surface area contributed by atoms with Crippen molar-refractivity contribution >= 4 is 11.0 Å². The largest absolute Gasteiger partial charge is 0.338 e. The average Bonchev–Trinajstić information content (AvgIpc) is 2.83. The summed E-state index contributed by atoms with van der Waals surface area (Å²) in [5, 5.41) is 0.